The van der Waals surface area contributed by atoms with Crippen molar-refractivity contribution in [3.8, 4) is 11.5 Å². The van der Waals surface area contributed by atoms with Gasteiger partial charge in [0.05, 0.1) is 17.0 Å². The van der Waals surface area contributed by atoms with Crippen molar-refractivity contribution in [1.82, 2.24) is 4.90 Å². The maximum atomic E-state index is 13.6. The summed E-state index contributed by atoms with van der Waals surface area (Å²) in [5.41, 5.74) is 2.10. The number of phenols is 2. The van der Waals surface area contributed by atoms with Gasteiger partial charge in [-0.15, -0.1) is 0 Å². The van der Waals surface area contributed by atoms with Crippen molar-refractivity contribution in [1.29, 1.82) is 0 Å². The molecule has 2 aromatic rings. The molecule has 0 spiro atoms. The van der Waals surface area contributed by atoms with Crippen LogP contribution >= 0.6 is 11.6 Å². The lowest BCUT2D eigenvalue weighted by atomic mass is 9.60. The molecule has 1 amide bonds. The molecule has 1 unspecified atom stereocenters. The highest BCUT2D eigenvalue weighted by Crippen LogP contribution is 2.51. The Balaban J connectivity index is 2.11. The zero-order valence-corrected chi connectivity index (χ0v) is 18.2. The summed E-state index contributed by atoms with van der Waals surface area (Å²) in [4.78, 5) is 40.2. The molecule has 168 valence electrons. The van der Waals surface area contributed by atoms with Crippen molar-refractivity contribution in [3.63, 3.8) is 0 Å². The fraction of sp³-hybridized carbons (Fsp3) is 0.318. The smallest absolute Gasteiger partial charge is 0.255 e. The Labute approximate surface area is 187 Å². The summed E-state index contributed by atoms with van der Waals surface area (Å²) in [6.45, 7) is 1.64. The van der Waals surface area contributed by atoms with Crippen LogP contribution < -0.4 is 5.73 Å². The lowest BCUT2D eigenvalue weighted by molar-refractivity contribution is -0.140. The molecule has 0 heterocycles. The topological polar surface area (TPSA) is 161 Å². The van der Waals surface area contributed by atoms with Crippen molar-refractivity contribution < 1.29 is 34.8 Å². The standard InChI is InChI=1S/C22H21ClN2O7/c1-7-8-6-9-16(25(2)3)18(28)15(21(24)31)20(30)22(9,32)19(29)13(8)17(27)14-11(26)5-4-10(23)12(7)14/h4-5,9,16,26-28,32H,6H2,1-3H3,(H2,24,31)/t9-,16?,22-/m0/s1. The number of aliphatic hydroxyl groups excluding tert-OH is 1. The van der Waals surface area contributed by atoms with Crippen LogP contribution in [0.15, 0.2) is 23.5 Å². The molecule has 3 atom stereocenters. The summed E-state index contributed by atoms with van der Waals surface area (Å²) >= 11 is 6.31. The molecule has 0 saturated heterocycles. The molecule has 32 heavy (non-hydrogen) atoms. The van der Waals surface area contributed by atoms with Gasteiger partial charge in [-0.3, -0.25) is 19.3 Å². The summed E-state index contributed by atoms with van der Waals surface area (Å²) in [5.74, 6) is -6.54. The SMILES string of the molecule is Cc1c2c(c(O)c3c(O)ccc(Cl)c13)C(=O)[C@]1(O)C(=O)C(C(N)=O)=C(O)C(N(C)C)[C@@H]1C2. The molecule has 9 nitrogen and oxygen atoms in total. The number of carbonyl (C=O) groups excluding carboxylic acids is 3. The fourth-order valence-electron chi connectivity index (χ4n) is 5.10. The monoisotopic (exact) mass is 460 g/mol. The van der Waals surface area contributed by atoms with Crippen LogP contribution in [0, 0.1) is 12.8 Å². The molecular weight excluding hydrogens is 440 g/mol. The second kappa shape index (κ2) is 6.93. The van der Waals surface area contributed by atoms with E-state index in [0.29, 0.717) is 16.5 Å². The second-order valence-electron chi connectivity index (χ2n) is 8.41. The maximum absolute atomic E-state index is 13.6. The highest BCUT2D eigenvalue weighted by molar-refractivity contribution is 6.37. The van der Waals surface area contributed by atoms with Crippen LogP contribution in [0.25, 0.3) is 10.8 Å². The molecule has 0 saturated carbocycles. The van der Waals surface area contributed by atoms with Crippen LogP contribution in [0.4, 0.5) is 0 Å². The van der Waals surface area contributed by atoms with E-state index in [4.69, 9.17) is 17.3 Å². The number of carbonyl (C=O) groups is 3. The molecule has 4 rings (SSSR count). The first-order valence-electron chi connectivity index (χ1n) is 9.72. The van der Waals surface area contributed by atoms with Crippen molar-refractivity contribution >= 4 is 39.8 Å². The number of phenolic OH excluding ortho intramolecular Hbond substituents is 2. The molecule has 0 radical (unpaired) electrons. The number of ketones is 2. The van der Waals surface area contributed by atoms with Gasteiger partial charge in [-0.25, -0.2) is 0 Å². The molecule has 0 bridgehead atoms. The summed E-state index contributed by atoms with van der Waals surface area (Å²) in [7, 11) is 3.10. The second-order valence-corrected chi connectivity index (χ2v) is 8.82. The van der Waals surface area contributed by atoms with E-state index < -0.39 is 52.1 Å². The third-order valence-corrected chi connectivity index (χ3v) is 6.88. The Morgan fingerprint density at radius 2 is 1.78 bits per heavy atom. The molecule has 0 aromatic heterocycles. The average molecular weight is 461 g/mol. The van der Waals surface area contributed by atoms with E-state index in [2.05, 4.69) is 0 Å². The third-order valence-electron chi connectivity index (χ3n) is 6.56. The van der Waals surface area contributed by atoms with Gasteiger partial charge in [0, 0.05) is 16.3 Å². The largest absolute Gasteiger partial charge is 0.510 e. The Morgan fingerprint density at radius 1 is 1.16 bits per heavy atom. The number of amides is 1. The lowest BCUT2D eigenvalue weighted by Crippen LogP contribution is -2.66. The molecule has 0 aliphatic heterocycles. The zero-order chi connectivity index (χ0) is 23.9. The lowest BCUT2D eigenvalue weighted by Gasteiger charge is -2.47. The average Bonchev–Trinajstić information content (AvgIpc) is 2.69. The first kappa shape index (κ1) is 22.1. The predicted molar refractivity (Wildman–Crippen MR) is 115 cm³/mol. The van der Waals surface area contributed by atoms with E-state index >= 15 is 0 Å². The van der Waals surface area contributed by atoms with Gasteiger partial charge in [0.1, 0.15) is 22.8 Å². The summed E-state index contributed by atoms with van der Waals surface area (Å²) in [6.07, 6.45) is -0.108. The van der Waals surface area contributed by atoms with Gasteiger partial charge in [0.25, 0.3) is 5.91 Å². The van der Waals surface area contributed by atoms with Gasteiger partial charge in [-0.05, 0) is 50.7 Å². The van der Waals surface area contributed by atoms with Crippen LogP contribution in [0.3, 0.4) is 0 Å². The summed E-state index contributed by atoms with van der Waals surface area (Å²) < 4.78 is 0. The first-order chi connectivity index (χ1) is 14.8. The highest BCUT2D eigenvalue weighted by atomic mass is 35.5. The number of fused-ring (bicyclic) bond motifs is 3. The third kappa shape index (κ3) is 2.55. The Morgan fingerprint density at radius 3 is 2.34 bits per heavy atom. The van der Waals surface area contributed by atoms with Crippen LogP contribution in [0.5, 0.6) is 11.5 Å². The maximum Gasteiger partial charge on any atom is 0.255 e. The predicted octanol–water partition coefficient (Wildman–Crippen LogP) is 1.11. The quantitative estimate of drug-likeness (QED) is 0.329. The van der Waals surface area contributed by atoms with E-state index in [1.165, 1.54) is 17.0 Å². The first-order valence-corrected chi connectivity index (χ1v) is 10.1. The number of benzene rings is 2. The van der Waals surface area contributed by atoms with Gasteiger partial charge < -0.3 is 26.2 Å². The Hall–Kier alpha value is -3.14. The molecule has 2 aliphatic rings. The number of primary amides is 1. The van der Waals surface area contributed by atoms with E-state index in [1.807, 2.05) is 0 Å². The summed E-state index contributed by atoms with van der Waals surface area (Å²) in [6, 6.07) is 1.61. The number of aliphatic hydroxyl groups is 2. The molecule has 6 N–H and O–H groups in total. The summed E-state index contributed by atoms with van der Waals surface area (Å²) in [5, 5.41) is 43.9. The minimum absolute atomic E-state index is 0.0925. The van der Waals surface area contributed by atoms with Crippen LogP contribution in [-0.2, 0) is 16.0 Å². The Bertz CT molecular complexity index is 1280. The number of nitrogens with two attached hydrogens (primary N) is 1. The van der Waals surface area contributed by atoms with E-state index in [0.717, 1.165) is 0 Å². The number of halogens is 1. The van der Waals surface area contributed by atoms with Crippen LogP contribution in [0.2, 0.25) is 5.02 Å². The van der Waals surface area contributed by atoms with E-state index in [1.54, 1.807) is 21.0 Å². The van der Waals surface area contributed by atoms with Gasteiger partial charge in [-0.1, -0.05) is 11.6 Å². The van der Waals surface area contributed by atoms with Gasteiger partial charge >= 0.3 is 0 Å². The number of hydrogen-bond acceptors (Lipinski definition) is 8. The molecule has 2 aromatic carbocycles. The van der Waals surface area contributed by atoms with Crippen LogP contribution in [0.1, 0.15) is 21.5 Å². The van der Waals surface area contributed by atoms with E-state index in [9.17, 15) is 34.8 Å². The molecule has 10 heteroatoms. The van der Waals surface area contributed by atoms with Crippen molar-refractivity contribution in [3.05, 3.63) is 45.2 Å². The van der Waals surface area contributed by atoms with Crippen molar-refractivity contribution in [2.24, 2.45) is 11.7 Å². The fourth-order valence-corrected chi connectivity index (χ4v) is 5.40. The number of Topliss-reactive ketones (excluding diaryl/α,β-unsaturated/α-hetero) is 2. The Kier molecular flexibility index (Phi) is 4.78. The van der Waals surface area contributed by atoms with E-state index in [-0.39, 0.29) is 28.1 Å². The number of hydrogen-bond donors (Lipinski definition) is 5. The normalized spacial score (nSPS) is 25.3. The number of rotatable bonds is 2. The van der Waals surface area contributed by atoms with Gasteiger partial charge in [0.15, 0.2) is 5.60 Å². The number of nitrogens with zero attached hydrogens (tertiary/aromatic N) is 1. The molecule has 2 aliphatic carbocycles. The minimum Gasteiger partial charge on any atom is -0.510 e. The number of likely N-dealkylation sites (N-methyl/N-ethyl adjacent to an activating group) is 1. The van der Waals surface area contributed by atoms with Gasteiger partial charge in [-0.2, -0.15) is 0 Å². The number of aromatic hydroxyl groups is 2. The van der Waals surface area contributed by atoms with Crippen molar-refractivity contribution in [2.45, 2.75) is 25.0 Å². The zero-order valence-electron chi connectivity index (χ0n) is 17.4. The van der Waals surface area contributed by atoms with Gasteiger partial charge in [0.2, 0.25) is 11.6 Å². The minimum atomic E-state index is -2.76. The highest BCUT2D eigenvalue weighted by Gasteiger charge is 2.63. The van der Waals surface area contributed by atoms with Crippen molar-refractivity contribution in [2.75, 3.05) is 14.1 Å². The molecule has 0 fully saturated rings. The molecular formula is C22H21ClN2O7. The van der Waals surface area contributed by atoms with Crippen LogP contribution in [-0.4, -0.2) is 68.5 Å². The number of aryl methyl sites for hydroxylation is 1.